The van der Waals surface area contributed by atoms with Gasteiger partial charge < -0.3 is 10.6 Å². The highest BCUT2D eigenvalue weighted by molar-refractivity contribution is 5.68. The van der Waals surface area contributed by atoms with Crippen LogP contribution in [0.25, 0.3) is 0 Å². The summed E-state index contributed by atoms with van der Waals surface area (Å²) in [7, 11) is 0. The minimum Gasteiger partial charge on any atom is -0.378 e. The van der Waals surface area contributed by atoms with E-state index in [-0.39, 0.29) is 11.5 Å². The van der Waals surface area contributed by atoms with Crippen LogP contribution in [-0.2, 0) is 12.8 Å². The molecule has 0 fully saturated rings. The second kappa shape index (κ2) is 5.35. The predicted octanol–water partition coefficient (Wildman–Crippen LogP) is 1.57. The van der Waals surface area contributed by atoms with Crippen LogP contribution < -0.4 is 10.6 Å². The first-order chi connectivity index (χ1) is 10.2. The van der Waals surface area contributed by atoms with E-state index in [2.05, 4.69) is 22.1 Å². The third-order valence-corrected chi connectivity index (χ3v) is 3.73. The van der Waals surface area contributed by atoms with E-state index < -0.39 is 4.92 Å². The Morgan fingerprint density at radius 2 is 1.76 bits per heavy atom. The number of hydrogen-bond donors (Lipinski definition) is 1. The summed E-state index contributed by atoms with van der Waals surface area (Å²) in [4.78, 5) is 20.4. The molecular weight excluding hydrogens is 270 g/mol. The molecule has 7 nitrogen and oxygen atoms in total. The number of aromatic nitrogens is 2. The van der Waals surface area contributed by atoms with E-state index in [1.54, 1.807) is 0 Å². The molecule has 0 atom stereocenters. The first-order valence-corrected chi connectivity index (χ1v) is 6.73. The van der Waals surface area contributed by atoms with Crippen LogP contribution in [0.4, 0.5) is 17.3 Å². The highest BCUT2D eigenvalue weighted by Gasteiger charge is 2.26. The second-order valence-corrected chi connectivity index (χ2v) is 4.94. The van der Waals surface area contributed by atoms with E-state index in [9.17, 15) is 10.1 Å². The fraction of sp³-hybridized carbons (Fsp3) is 0.286. The maximum absolute atomic E-state index is 11.2. The van der Waals surface area contributed by atoms with E-state index in [4.69, 9.17) is 5.73 Å². The van der Waals surface area contributed by atoms with Gasteiger partial charge in [0.25, 0.3) is 0 Å². The SMILES string of the molecule is Nc1ncnc(N2CCc3ccccc3CC2)c1[N+](=O)[O-]. The van der Waals surface area contributed by atoms with Crippen LogP contribution in [0.3, 0.4) is 0 Å². The summed E-state index contributed by atoms with van der Waals surface area (Å²) in [6.07, 6.45) is 2.93. The quantitative estimate of drug-likeness (QED) is 0.664. The fourth-order valence-corrected chi connectivity index (χ4v) is 2.67. The summed E-state index contributed by atoms with van der Waals surface area (Å²) < 4.78 is 0. The van der Waals surface area contributed by atoms with Gasteiger partial charge in [0.2, 0.25) is 11.6 Å². The van der Waals surface area contributed by atoms with Gasteiger partial charge >= 0.3 is 5.69 Å². The number of hydrogen-bond acceptors (Lipinski definition) is 6. The Morgan fingerprint density at radius 1 is 1.14 bits per heavy atom. The number of benzene rings is 1. The van der Waals surface area contributed by atoms with E-state index >= 15 is 0 Å². The zero-order chi connectivity index (χ0) is 14.8. The van der Waals surface area contributed by atoms with Crippen molar-refractivity contribution >= 4 is 17.3 Å². The number of anilines is 2. The van der Waals surface area contributed by atoms with Gasteiger partial charge in [0.15, 0.2) is 0 Å². The third kappa shape index (κ3) is 2.49. The third-order valence-electron chi connectivity index (χ3n) is 3.73. The average Bonchev–Trinajstić information content (AvgIpc) is 2.69. The van der Waals surface area contributed by atoms with E-state index in [1.807, 2.05) is 17.0 Å². The van der Waals surface area contributed by atoms with Gasteiger partial charge in [0, 0.05) is 13.1 Å². The molecule has 2 aromatic rings. The minimum absolute atomic E-state index is 0.0910. The molecule has 108 valence electrons. The standard InChI is InChI=1S/C14H15N5O2/c15-13-12(19(20)21)14(17-9-16-13)18-7-5-10-3-1-2-4-11(10)6-8-18/h1-4,9H,5-8H2,(H2,15,16,17). The Kier molecular flexibility index (Phi) is 3.39. The van der Waals surface area contributed by atoms with Gasteiger partial charge in [0.05, 0.1) is 4.92 Å². The summed E-state index contributed by atoms with van der Waals surface area (Å²) in [5.74, 6) is 0.215. The smallest absolute Gasteiger partial charge is 0.353 e. The van der Waals surface area contributed by atoms with Gasteiger partial charge in [-0.05, 0) is 24.0 Å². The molecule has 2 heterocycles. The van der Waals surface area contributed by atoms with Crippen LogP contribution in [0.5, 0.6) is 0 Å². The van der Waals surface area contributed by atoms with Crippen molar-refractivity contribution in [3.8, 4) is 0 Å². The Balaban J connectivity index is 1.93. The molecule has 3 rings (SSSR count). The van der Waals surface area contributed by atoms with Crippen molar-refractivity contribution in [1.29, 1.82) is 0 Å². The summed E-state index contributed by atoms with van der Waals surface area (Å²) in [5.41, 5.74) is 7.99. The second-order valence-electron chi connectivity index (χ2n) is 4.94. The lowest BCUT2D eigenvalue weighted by Gasteiger charge is -2.20. The summed E-state index contributed by atoms with van der Waals surface area (Å²) in [6, 6.07) is 8.22. The fourth-order valence-electron chi connectivity index (χ4n) is 2.67. The number of nitrogen functional groups attached to an aromatic ring is 1. The van der Waals surface area contributed by atoms with Crippen molar-refractivity contribution in [3.05, 3.63) is 51.8 Å². The van der Waals surface area contributed by atoms with Crippen LogP contribution in [0, 0.1) is 10.1 Å². The lowest BCUT2D eigenvalue weighted by atomic mass is 10.0. The average molecular weight is 285 g/mol. The Bertz CT molecular complexity index is 662. The van der Waals surface area contributed by atoms with Gasteiger partial charge in [0.1, 0.15) is 6.33 Å². The van der Waals surface area contributed by atoms with Crippen LogP contribution in [0.15, 0.2) is 30.6 Å². The number of fused-ring (bicyclic) bond motifs is 1. The van der Waals surface area contributed by atoms with Crippen LogP contribution in [0.2, 0.25) is 0 Å². The van der Waals surface area contributed by atoms with Crippen molar-refractivity contribution in [2.45, 2.75) is 12.8 Å². The molecule has 7 heteroatoms. The maximum atomic E-state index is 11.2. The maximum Gasteiger partial charge on any atom is 0.353 e. The van der Waals surface area contributed by atoms with Crippen molar-refractivity contribution in [2.24, 2.45) is 0 Å². The van der Waals surface area contributed by atoms with Gasteiger partial charge in [-0.15, -0.1) is 0 Å². The molecule has 21 heavy (non-hydrogen) atoms. The molecule has 1 aliphatic heterocycles. The molecule has 1 aromatic heterocycles. The van der Waals surface area contributed by atoms with Gasteiger partial charge in [-0.1, -0.05) is 24.3 Å². The Labute approximate surface area is 121 Å². The summed E-state index contributed by atoms with van der Waals surface area (Å²) in [5, 5.41) is 11.2. The minimum atomic E-state index is -0.511. The molecule has 2 N–H and O–H groups in total. The first-order valence-electron chi connectivity index (χ1n) is 6.73. The van der Waals surface area contributed by atoms with Gasteiger partial charge in [-0.2, -0.15) is 0 Å². The van der Waals surface area contributed by atoms with Crippen LogP contribution in [0.1, 0.15) is 11.1 Å². The molecule has 0 radical (unpaired) electrons. The first kappa shape index (κ1) is 13.3. The normalized spacial score (nSPS) is 14.4. The van der Waals surface area contributed by atoms with Gasteiger partial charge in [-0.25, -0.2) is 9.97 Å². The molecule has 1 aliphatic rings. The highest BCUT2D eigenvalue weighted by atomic mass is 16.6. The number of nitrogens with zero attached hydrogens (tertiary/aromatic N) is 4. The van der Waals surface area contributed by atoms with E-state index in [0.29, 0.717) is 18.9 Å². The molecule has 0 spiro atoms. The van der Waals surface area contributed by atoms with Crippen molar-refractivity contribution in [1.82, 2.24) is 9.97 Å². The lowest BCUT2D eigenvalue weighted by molar-refractivity contribution is -0.383. The van der Waals surface area contributed by atoms with E-state index in [1.165, 1.54) is 17.5 Å². The summed E-state index contributed by atoms with van der Waals surface area (Å²) >= 11 is 0. The molecule has 0 unspecified atom stereocenters. The van der Waals surface area contributed by atoms with E-state index in [0.717, 1.165) is 12.8 Å². The Morgan fingerprint density at radius 3 is 2.33 bits per heavy atom. The van der Waals surface area contributed by atoms with Crippen molar-refractivity contribution < 1.29 is 4.92 Å². The molecule has 0 bridgehead atoms. The zero-order valence-electron chi connectivity index (χ0n) is 11.4. The predicted molar refractivity (Wildman–Crippen MR) is 79.2 cm³/mol. The van der Waals surface area contributed by atoms with Crippen molar-refractivity contribution in [3.63, 3.8) is 0 Å². The molecule has 1 aromatic carbocycles. The highest BCUT2D eigenvalue weighted by Crippen LogP contribution is 2.31. The monoisotopic (exact) mass is 285 g/mol. The molecule has 0 saturated heterocycles. The zero-order valence-corrected chi connectivity index (χ0v) is 11.4. The van der Waals surface area contributed by atoms with Crippen LogP contribution in [-0.4, -0.2) is 28.0 Å². The van der Waals surface area contributed by atoms with Gasteiger partial charge in [-0.3, -0.25) is 10.1 Å². The molecule has 0 saturated carbocycles. The molecule has 0 amide bonds. The topological polar surface area (TPSA) is 98.2 Å². The summed E-state index contributed by atoms with van der Waals surface area (Å²) in [6.45, 7) is 1.35. The molecule has 0 aliphatic carbocycles. The largest absolute Gasteiger partial charge is 0.378 e. The lowest BCUT2D eigenvalue weighted by Crippen LogP contribution is -2.28. The molecular formula is C14H15N5O2. The van der Waals surface area contributed by atoms with Crippen molar-refractivity contribution in [2.75, 3.05) is 23.7 Å². The Hall–Kier alpha value is -2.70. The number of nitrogens with two attached hydrogens (primary N) is 1. The number of nitro groups is 1. The number of rotatable bonds is 2. The van der Waals surface area contributed by atoms with Crippen LogP contribution >= 0.6 is 0 Å².